The lowest BCUT2D eigenvalue weighted by atomic mass is 9.95. The summed E-state index contributed by atoms with van der Waals surface area (Å²) in [4.78, 5) is 10.4. The van der Waals surface area contributed by atoms with Crippen molar-refractivity contribution in [3.63, 3.8) is 0 Å². The van der Waals surface area contributed by atoms with E-state index in [1.807, 2.05) is 18.2 Å². The van der Waals surface area contributed by atoms with Gasteiger partial charge in [0.25, 0.3) is 5.70 Å². The van der Waals surface area contributed by atoms with Crippen molar-refractivity contribution in [2.75, 3.05) is 5.32 Å². The highest BCUT2D eigenvalue weighted by molar-refractivity contribution is 6.31. The van der Waals surface area contributed by atoms with Crippen molar-refractivity contribution in [1.82, 2.24) is 0 Å². The van der Waals surface area contributed by atoms with Gasteiger partial charge in [-0.3, -0.25) is 10.1 Å². The molecule has 0 aromatic heterocycles. The van der Waals surface area contributed by atoms with E-state index in [0.717, 1.165) is 16.8 Å². The molecule has 5 heteroatoms. The van der Waals surface area contributed by atoms with E-state index >= 15 is 0 Å². The van der Waals surface area contributed by atoms with Gasteiger partial charge in [0.2, 0.25) is 0 Å². The molecule has 0 fully saturated rings. The number of hydrogen-bond acceptors (Lipinski definition) is 3. The summed E-state index contributed by atoms with van der Waals surface area (Å²) in [5, 5.41) is 14.7. The van der Waals surface area contributed by atoms with E-state index in [1.165, 1.54) is 0 Å². The summed E-state index contributed by atoms with van der Waals surface area (Å²) in [7, 11) is 0. The molecule has 1 aliphatic carbocycles. The Labute approximate surface area is 103 Å². The summed E-state index contributed by atoms with van der Waals surface area (Å²) in [5.41, 5.74) is 3.07. The Kier molecular flexibility index (Phi) is 2.19. The second-order valence-corrected chi connectivity index (χ2v) is 4.54. The Morgan fingerprint density at radius 3 is 3.06 bits per heavy atom. The van der Waals surface area contributed by atoms with E-state index < -0.39 is 0 Å². The molecule has 1 unspecified atom stereocenters. The van der Waals surface area contributed by atoms with Gasteiger partial charge in [-0.25, -0.2) is 0 Å². The van der Waals surface area contributed by atoms with Gasteiger partial charge in [-0.05, 0) is 36.3 Å². The number of nitrogens with one attached hydrogen (secondary N) is 1. The quantitative estimate of drug-likeness (QED) is 0.614. The highest BCUT2D eigenvalue weighted by Crippen LogP contribution is 2.40. The van der Waals surface area contributed by atoms with Crippen LogP contribution in [0.3, 0.4) is 0 Å². The van der Waals surface area contributed by atoms with Gasteiger partial charge in [-0.15, -0.1) is 0 Å². The first-order valence-corrected chi connectivity index (χ1v) is 5.65. The molecule has 0 bridgehead atoms. The molecule has 17 heavy (non-hydrogen) atoms. The molecule has 0 spiro atoms. The Balaban J connectivity index is 2.10. The highest BCUT2D eigenvalue weighted by atomic mass is 35.5. The molecule has 1 aromatic carbocycles. The van der Waals surface area contributed by atoms with E-state index in [4.69, 9.17) is 11.6 Å². The fourth-order valence-electron chi connectivity index (χ4n) is 2.28. The van der Waals surface area contributed by atoms with Crippen LogP contribution in [-0.2, 0) is 0 Å². The van der Waals surface area contributed by atoms with Crippen molar-refractivity contribution in [2.45, 2.75) is 12.5 Å². The normalized spacial score (nSPS) is 20.9. The predicted molar refractivity (Wildman–Crippen MR) is 66.5 cm³/mol. The summed E-state index contributed by atoms with van der Waals surface area (Å²) in [6.45, 7) is 0. The zero-order chi connectivity index (χ0) is 12.0. The average molecular weight is 249 g/mol. The number of anilines is 1. The Bertz CT molecular complexity index is 578. The van der Waals surface area contributed by atoms with Crippen LogP contribution in [0, 0.1) is 10.1 Å². The van der Waals surface area contributed by atoms with Gasteiger partial charge in [-0.2, -0.15) is 0 Å². The van der Waals surface area contributed by atoms with Crippen LogP contribution in [0.4, 0.5) is 5.69 Å². The molecule has 86 valence electrons. The number of benzene rings is 1. The maximum Gasteiger partial charge on any atom is 0.265 e. The number of rotatable bonds is 1. The zero-order valence-electron chi connectivity index (χ0n) is 8.81. The van der Waals surface area contributed by atoms with Crippen LogP contribution in [-0.4, -0.2) is 11.0 Å². The van der Waals surface area contributed by atoms with E-state index in [0.29, 0.717) is 11.4 Å². The third-order valence-electron chi connectivity index (χ3n) is 3.07. The van der Waals surface area contributed by atoms with Gasteiger partial charge < -0.3 is 5.32 Å². The lowest BCUT2D eigenvalue weighted by molar-refractivity contribution is -0.419. The largest absolute Gasteiger partial charge is 0.377 e. The van der Waals surface area contributed by atoms with Gasteiger partial charge in [0, 0.05) is 22.3 Å². The zero-order valence-corrected chi connectivity index (χ0v) is 9.57. The van der Waals surface area contributed by atoms with Crippen molar-refractivity contribution in [1.29, 1.82) is 0 Å². The third-order valence-corrected chi connectivity index (χ3v) is 3.31. The van der Waals surface area contributed by atoms with Crippen molar-refractivity contribution in [3.8, 4) is 0 Å². The Morgan fingerprint density at radius 2 is 2.29 bits per heavy atom. The number of nitrogens with zero attached hydrogens (tertiary/aromatic N) is 1. The lowest BCUT2D eigenvalue weighted by Gasteiger charge is -2.14. The van der Waals surface area contributed by atoms with Gasteiger partial charge in [0.1, 0.15) is 0 Å². The first-order valence-electron chi connectivity index (χ1n) is 5.28. The first-order chi connectivity index (χ1) is 8.15. The van der Waals surface area contributed by atoms with Crippen LogP contribution < -0.4 is 5.32 Å². The van der Waals surface area contributed by atoms with Crippen molar-refractivity contribution < 1.29 is 4.92 Å². The molecule has 0 saturated heterocycles. The molecular formula is C12H9ClN2O2. The molecule has 2 aliphatic rings. The van der Waals surface area contributed by atoms with Crippen molar-refractivity contribution in [3.05, 3.63) is 56.7 Å². The molecule has 0 saturated carbocycles. The third kappa shape index (κ3) is 1.61. The van der Waals surface area contributed by atoms with Crippen LogP contribution in [0.5, 0.6) is 0 Å². The smallest absolute Gasteiger partial charge is 0.265 e. The second-order valence-electron chi connectivity index (χ2n) is 4.11. The predicted octanol–water partition coefficient (Wildman–Crippen LogP) is 3.08. The van der Waals surface area contributed by atoms with E-state index in [1.54, 1.807) is 12.2 Å². The topological polar surface area (TPSA) is 55.2 Å². The van der Waals surface area contributed by atoms with Crippen molar-refractivity contribution in [2.24, 2.45) is 0 Å². The number of halogens is 1. The van der Waals surface area contributed by atoms with Gasteiger partial charge in [0.05, 0.1) is 11.0 Å². The first kappa shape index (κ1) is 10.4. The van der Waals surface area contributed by atoms with Gasteiger partial charge in [0.15, 0.2) is 0 Å². The van der Waals surface area contributed by atoms with Gasteiger partial charge >= 0.3 is 0 Å². The van der Waals surface area contributed by atoms with Crippen molar-refractivity contribution >= 4 is 22.9 Å². The monoisotopic (exact) mass is 248 g/mol. The molecule has 1 aliphatic heterocycles. The van der Waals surface area contributed by atoms with Crippen LogP contribution >= 0.6 is 11.6 Å². The number of allylic oxidation sites excluding steroid dienone is 1. The number of fused-ring (bicyclic) bond motifs is 3. The van der Waals surface area contributed by atoms with Gasteiger partial charge in [-0.1, -0.05) is 11.6 Å². The van der Waals surface area contributed by atoms with E-state index in [9.17, 15) is 10.1 Å². The molecule has 3 rings (SSSR count). The summed E-state index contributed by atoms with van der Waals surface area (Å²) >= 11 is 5.95. The summed E-state index contributed by atoms with van der Waals surface area (Å²) in [6.07, 6.45) is 3.91. The highest BCUT2D eigenvalue weighted by Gasteiger charge is 2.30. The summed E-state index contributed by atoms with van der Waals surface area (Å²) in [6, 6.07) is 5.70. The summed E-state index contributed by atoms with van der Waals surface area (Å²) < 4.78 is 0. The molecule has 4 nitrogen and oxygen atoms in total. The Morgan fingerprint density at radius 1 is 1.47 bits per heavy atom. The molecule has 1 heterocycles. The SMILES string of the molecule is O=[N+]([O-])C1=CCC2Nc3ccc(Cl)cc3C2=C1. The fraction of sp³-hybridized carbons (Fsp3) is 0.167. The second kappa shape index (κ2) is 3.60. The maximum absolute atomic E-state index is 10.8. The minimum absolute atomic E-state index is 0.132. The van der Waals surface area contributed by atoms with E-state index in [-0.39, 0.29) is 16.7 Å². The lowest BCUT2D eigenvalue weighted by Crippen LogP contribution is -2.17. The molecule has 1 atom stereocenters. The standard InChI is InChI=1S/C12H9ClN2O2/c13-7-1-3-11-9(5-7)10-6-8(15(16)17)2-4-12(10)14-11/h1-3,5-6,12,14H,4H2. The van der Waals surface area contributed by atoms with E-state index in [2.05, 4.69) is 5.32 Å². The number of hydrogen-bond donors (Lipinski definition) is 1. The Hall–Kier alpha value is -1.81. The van der Waals surface area contributed by atoms with Crippen LogP contribution in [0.15, 0.2) is 36.0 Å². The molecule has 1 aromatic rings. The summed E-state index contributed by atoms with van der Waals surface area (Å²) in [5.74, 6) is 0. The minimum atomic E-state index is -0.355. The number of nitro groups is 1. The molecule has 1 N–H and O–H groups in total. The molecule has 0 amide bonds. The van der Waals surface area contributed by atoms with Crippen LogP contribution in [0.1, 0.15) is 12.0 Å². The molecular weight excluding hydrogens is 240 g/mol. The van der Waals surface area contributed by atoms with Crippen LogP contribution in [0.25, 0.3) is 5.57 Å². The minimum Gasteiger partial charge on any atom is -0.377 e. The molecule has 0 radical (unpaired) electrons. The van der Waals surface area contributed by atoms with Crippen LogP contribution in [0.2, 0.25) is 5.02 Å². The average Bonchev–Trinajstić information content (AvgIpc) is 2.66. The fourth-order valence-corrected chi connectivity index (χ4v) is 2.45. The maximum atomic E-state index is 10.8.